The van der Waals surface area contributed by atoms with Crippen LogP contribution in [-0.2, 0) is 11.3 Å². The number of amides is 3. The standard InChI is InChI=1S/C25H25N3O3/c1-17(2)23(29)27-20-14-12-18(13-15-20)16-26-25(31)21-10-6-7-11-22(21)28-24(30)19-8-4-3-5-9-19/h3-15,17H,16H2,1-2H3,(H,26,31)(H,27,29)(H,28,30). The molecule has 0 atom stereocenters. The van der Waals surface area contributed by atoms with Gasteiger partial charge in [-0.1, -0.05) is 56.3 Å². The van der Waals surface area contributed by atoms with Gasteiger partial charge in [-0.25, -0.2) is 0 Å². The lowest BCUT2D eigenvalue weighted by atomic mass is 10.1. The molecule has 6 heteroatoms. The molecular weight excluding hydrogens is 390 g/mol. The molecule has 0 saturated carbocycles. The number of anilines is 2. The Morgan fingerprint density at radius 2 is 1.39 bits per heavy atom. The predicted molar refractivity (Wildman–Crippen MR) is 122 cm³/mol. The Hall–Kier alpha value is -3.93. The van der Waals surface area contributed by atoms with Crippen molar-refractivity contribution in [3.8, 4) is 0 Å². The number of hydrogen-bond acceptors (Lipinski definition) is 3. The van der Waals surface area contributed by atoms with Crippen LogP contribution < -0.4 is 16.0 Å². The fourth-order valence-electron chi connectivity index (χ4n) is 2.84. The summed E-state index contributed by atoms with van der Waals surface area (Å²) >= 11 is 0. The molecule has 0 unspecified atom stereocenters. The average Bonchev–Trinajstić information content (AvgIpc) is 2.79. The molecule has 3 aromatic rings. The third-order valence-corrected chi connectivity index (χ3v) is 4.65. The molecule has 0 radical (unpaired) electrons. The van der Waals surface area contributed by atoms with Crippen LogP contribution in [0.5, 0.6) is 0 Å². The summed E-state index contributed by atoms with van der Waals surface area (Å²) in [5.74, 6) is -0.711. The second-order valence-corrected chi connectivity index (χ2v) is 7.39. The van der Waals surface area contributed by atoms with Crippen LogP contribution in [0.2, 0.25) is 0 Å². The Morgan fingerprint density at radius 1 is 0.742 bits per heavy atom. The monoisotopic (exact) mass is 415 g/mol. The van der Waals surface area contributed by atoms with Crippen molar-refractivity contribution in [3.63, 3.8) is 0 Å². The number of hydrogen-bond donors (Lipinski definition) is 3. The third kappa shape index (κ3) is 6.02. The van der Waals surface area contributed by atoms with Gasteiger partial charge in [-0.3, -0.25) is 14.4 Å². The van der Waals surface area contributed by atoms with Crippen LogP contribution in [0.3, 0.4) is 0 Å². The van der Waals surface area contributed by atoms with Crippen LogP contribution >= 0.6 is 0 Å². The molecule has 158 valence electrons. The topological polar surface area (TPSA) is 87.3 Å². The number of nitrogens with one attached hydrogen (secondary N) is 3. The molecule has 0 heterocycles. The van der Waals surface area contributed by atoms with E-state index in [2.05, 4.69) is 16.0 Å². The molecule has 0 aliphatic rings. The molecule has 0 aromatic heterocycles. The number of rotatable bonds is 7. The zero-order chi connectivity index (χ0) is 22.2. The Morgan fingerprint density at radius 3 is 2.06 bits per heavy atom. The summed E-state index contributed by atoms with van der Waals surface area (Å²) in [5, 5.41) is 8.50. The molecule has 3 rings (SSSR count). The van der Waals surface area contributed by atoms with Gasteiger partial charge >= 0.3 is 0 Å². The zero-order valence-electron chi connectivity index (χ0n) is 17.5. The molecule has 0 bridgehead atoms. The minimum Gasteiger partial charge on any atom is -0.348 e. The maximum atomic E-state index is 12.7. The van der Waals surface area contributed by atoms with Crippen molar-refractivity contribution < 1.29 is 14.4 Å². The van der Waals surface area contributed by atoms with Crippen molar-refractivity contribution in [1.29, 1.82) is 0 Å². The second-order valence-electron chi connectivity index (χ2n) is 7.39. The summed E-state index contributed by atoms with van der Waals surface area (Å²) in [7, 11) is 0. The first-order valence-corrected chi connectivity index (χ1v) is 10.1. The van der Waals surface area contributed by atoms with E-state index in [0.717, 1.165) is 5.56 Å². The van der Waals surface area contributed by atoms with E-state index in [1.807, 2.05) is 32.0 Å². The lowest BCUT2D eigenvalue weighted by molar-refractivity contribution is -0.118. The first kappa shape index (κ1) is 21.8. The summed E-state index contributed by atoms with van der Waals surface area (Å²) in [5.41, 5.74) is 2.94. The summed E-state index contributed by atoms with van der Waals surface area (Å²) < 4.78 is 0. The zero-order valence-corrected chi connectivity index (χ0v) is 17.5. The fraction of sp³-hybridized carbons (Fsp3) is 0.160. The van der Waals surface area contributed by atoms with Gasteiger partial charge < -0.3 is 16.0 Å². The summed E-state index contributed by atoms with van der Waals surface area (Å²) in [6, 6.07) is 23.0. The van der Waals surface area contributed by atoms with E-state index in [9.17, 15) is 14.4 Å². The molecule has 6 nitrogen and oxygen atoms in total. The van der Waals surface area contributed by atoms with Crippen molar-refractivity contribution in [2.45, 2.75) is 20.4 Å². The van der Waals surface area contributed by atoms with Crippen LogP contribution in [0, 0.1) is 5.92 Å². The first-order valence-electron chi connectivity index (χ1n) is 10.1. The van der Waals surface area contributed by atoms with Gasteiger partial charge in [0.25, 0.3) is 11.8 Å². The minimum absolute atomic E-state index is 0.0461. The van der Waals surface area contributed by atoms with Crippen molar-refractivity contribution in [2.75, 3.05) is 10.6 Å². The highest BCUT2D eigenvalue weighted by Gasteiger charge is 2.14. The Balaban J connectivity index is 1.62. The van der Waals surface area contributed by atoms with E-state index in [0.29, 0.717) is 29.0 Å². The SMILES string of the molecule is CC(C)C(=O)Nc1ccc(CNC(=O)c2ccccc2NC(=O)c2ccccc2)cc1. The molecule has 3 aromatic carbocycles. The molecular formula is C25H25N3O3. The molecule has 0 spiro atoms. The first-order chi connectivity index (χ1) is 14.9. The number of benzene rings is 3. The van der Waals surface area contributed by atoms with Crippen LogP contribution in [0.15, 0.2) is 78.9 Å². The number of carbonyl (C=O) groups excluding carboxylic acids is 3. The molecule has 3 N–H and O–H groups in total. The fourth-order valence-corrected chi connectivity index (χ4v) is 2.84. The molecule has 0 saturated heterocycles. The van der Waals surface area contributed by atoms with Gasteiger partial charge in [0.2, 0.25) is 5.91 Å². The van der Waals surface area contributed by atoms with Gasteiger partial charge in [0.05, 0.1) is 11.3 Å². The Labute approximate surface area is 181 Å². The Bertz CT molecular complexity index is 1060. The minimum atomic E-state index is -0.291. The van der Waals surface area contributed by atoms with E-state index in [1.54, 1.807) is 60.7 Å². The van der Waals surface area contributed by atoms with Crippen molar-refractivity contribution in [3.05, 3.63) is 95.6 Å². The molecule has 31 heavy (non-hydrogen) atoms. The summed E-state index contributed by atoms with van der Waals surface area (Å²) in [6.07, 6.45) is 0. The average molecular weight is 415 g/mol. The maximum Gasteiger partial charge on any atom is 0.255 e. The van der Waals surface area contributed by atoms with Crippen LogP contribution in [0.25, 0.3) is 0 Å². The van der Waals surface area contributed by atoms with Gasteiger partial charge in [-0.2, -0.15) is 0 Å². The molecule has 0 aliphatic heterocycles. The number of carbonyl (C=O) groups is 3. The Kier molecular flexibility index (Phi) is 7.17. The van der Waals surface area contributed by atoms with E-state index in [-0.39, 0.29) is 23.6 Å². The lowest BCUT2D eigenvalue weighted by Gasteiger charge is -2.12. The summed E-state index contributed by atoms with van der Waals surface area (Å²) in [6.45, 7) is 3.98. The van der Waals surface area contributed by atoms with E-state index < -0.39 is 0 Å². The van der Waals surface area contributed by atoms with Crippen LogP contribution in [-0.4, -0.2) is 17.7 Å². The van der Waals surface area contributed by atoms with Crippen molar-refractivity contribution in [2.24, 2.45) is 5.92 Å². The maximum absolute atomic E-state index is 12.7. The van der Waals surface area contributed by atoms with Gasteiger partial charge in [-0.05, 0) is 42.0 Å². The molecule has 3 amide bonds. The van der Waals surface area contributed by atoms with Crippen molar-refractivity contribution in [1.82, 2.24) is 5.32 Å². The largest absolute Gasteiger partial charge is 0.348 e. The highest BCUT2D eigenvalue weighted by atomic mass is 16.2. The summed E-state index contributed by atoms with van der Waals surface area (Å²) in [4.78, 5) is 36.9. The highest BCUT2D eigenvalue weighted by molar-refractivity contribution is 6.09. The lowest BCUT2D eigenvalue weighted by Crippen LogP contribution is -2.25. The second kappa shape index (κ2) is 10.2. The quantitative estimate of drug-likeness (QED) is 0.532. The van der Waals surface area contributed by atoms with Gasteiger partial charge in [0, 0.05) is 23.7 Å². The van der Waals surface area contributed by atoms with Crippen LogP contribution in [0.1, 0.15) is 40.1 Å². The normalized spacial score (nSPS) is 10.4. The van der Waals surface area contributed by atoms with E-state index in [1.165, 1.54) is 0 Å². The van der Waals surface area contributed by atoms with Crippen LogP contribution in [0.4, 0.5) is 11.4 Å². The van der Waals surface area contributed by atoms with Gasteiger partial charge in [0.1, 0.15) is 0 Å². The third-order valence-electron chi connectivity index (χ3n) is 4.65. The van der Waals surface area contributed by atoms with Gasteiger partial charge in [0.15, 0.2) is 0 Å². The predicted octanol–water partition coefficient (Wildman–Crippen LogP) is 4.46. The molecule has 0 aliphatic carbocycles. The van der Waals surface area contributed by atoms with Crippen molar-refractivity contribution >= 4 is 29.1 Å². The smallest absolute Gasteiger partial charge is 0.255 e. The number of para-hydroxylation sites is 1. The highest BCUT2D eigenvalue weighted by Crippen LogP contribution is 2.17. The van der Waals surface area contributed by atoms with E-state index >= 15 is 0 Å². The van der Waals surface area contributed by atoms with Gasteiger partial charge in [-0.15, -0.1) is 0 Å². The van der Waals surface area contributed by atoms with E-state index in [4.69, 9.17) is 0 Å². The molecule has 0 fully saturated rings.